The van der Waals surface area contributed by atoms with E-state index in [2.05, 4.69) is 127 Å². The lowest BCUT2D eigenvalue weighted by atomic mass is 9.98. The summed E-state index contributed by atoms with van der Waals surface area (Å²) in [6.45, 7) is 0. The standard InChI is InChI=1S/2C42H27N7.C24H15N7/c1-4-16-28(17-5-1)31-22-10-13-25-34(31)37-43-40-45-38(35-26-14-11-23-32(35)29-18-6-2-7-19-29)47-42-48-39(46-41(44-37)49(40)42)36-27-15-12-24-33(36)30-20-8-3-9-21-30;1-4-13-28(14-5-1)31-19-10-22-34(25-31)37-43-40-45-38(35-23-11-20-32(26-35)29-15-6-2-7-16-29)47-42-48-39(46-41(44-37)49(40)42)36-24-12-21-33(27-36)30-17-8-3-9-18-30;1-4-10-16(11-5-1)19-25-22-27-20(17-12-6-2-7-13-17)29-24-30-21(18-14-8-3-9-15-18)28-23(26-19)31(22)24/h2*1-27H;1-15H. The Morgan fingerprint density at radius 2 is 0.248 bits per heavy atom. The van der Waals surface area contributed by atoms with E-state index in [0.717, 1.165) is 117 Å². The highest BCUT2D eigenvalue weighted by Gasteiger charge is 2.40. The molecule has 15 aromatic carbocycles. The average Bonchev–Trinajstić information content (AvgIpc) is 0.760. The first-order valence-electron chi connectivity index (χ1n) is 42.0. The molecule has 0 saturated heterocycles. The molecule has 0 aromatic heterocycles. The van der Waals surface area contributed by atoms with E-state index in [4.69, 9.17) is 89.9 Å². The number of aliphatic imine (C=N–C) groups is 18. The summed E-state index contributed by atoms with van der Waals surface area (Å²) in [5.74, 6) is 8.60. The summed E-state index contributed by atoms with van der Waals surface area (Å²) in [6.07, 6.45) is 0. The van der Waals surface area contributed by atoms with Crippen LogP contribution in [0.1, 0.15) is 50.1 Å². The average molecular weight is 1660 g/mol. The Labute approximate surface area is 741 Å². The van der Waals surface area contributed by atoms with Gasteiger partial charge in [0.15, 0.2) is 52.5 Å². The van der Waals surface area contributed by atoms with Gasteiger partial charge in [-0.15, -0.1) is 0 Å². The molecule has 0 fully saturated rings. The maximum atomic E-state index is 5.06. The van der Waals surface area contributed by atoms with Crippen LogP contribution in [0.4, 0.5) is 0 Å². The predicted molar refractivity (Wildman–Crippen MR) is 522 cm³/mol. The summed E-state index contributed by atoms with van der Waals surface area (Å²) in [5, 5.41) is 0. The van der Waals surface area contributed by atoms with Crippen molar-refractivity contribution in [3.8, 4) is 66.8 Å². The Kier molecular flexibility index (Phi) is 20.4. The lowest BCUT2D eigenvalue weighted by Gasteiger charge is -2.31. The normalized spacial score (nSPS) is 15.3. The third kappa shape index (κ3) is 15.7. The molecule has 0 radical (unpaired) electrons. The van der Waals surface area contributed by atoms with Crippen molar-refractivity contribution in [1.82, 2.24) is 14.7 Å². The Hall–Kier alpha value is -18.2. The fraction of sp³-hybridized carbons (Fsp3) is 0. The molecule has 0 unspecified atom stereocenters. The minimum Gasteiger partial charge on any atom is -0.213 e. The summed E-state index contributed by atoms with van der Waals surface area (Å²) in [4.78, 5) is 93.6. The zero-order valence-electron chi connectivity index (χ0n) is 68.7. The van der Waals surface area contributed by atoms with Gasteiger partial charge in [0.2, 0.25) is 53.6 Å². The molecule has 9 heterocycles. The van der Waals surface area contributed by atoms with Crippen LogP contribution in [0.5, 0.6) is 0 Å². The van der Waals surface area contributed by atoms with Gasteiger partial charge in [-0.2, -0.15) is 89.9 Å². The van der Waals surface area contributed by atoms with Crippen molar-refractivity contribution in [3.63, 3.8) is 0 Å². The van der Waals surface area contributed by atoms with Crippen molar-refractivity contribution < 1.29 is 0 Å². The van der Waals surface area contributed by atoms with Gasteiger partial charge in [-0.25, -0.2) is 14.7 Å². The molecule has 0 atom stereocenters. The summed E-state index contributed by atoms with van der Waals surface area (Å²) in [7, 11) is 0. The molecule has 9 aliphatic heterocycles. The fourth-order valence-electron chi connectivity index (χ4n) is 15.8. The number of benzene rings is 15. The van der Waals surface area contributed by atoms with Crippen LogP contribution in [-0.4, -0.2) is 121 Å². The van der Waals surface area contributed by atoms with E-state index in [1.807, 2.05) is 291 Å². The third-order valence-electron chi connectivity index (χ3n) is 22.0. The van der Waals surface area contributed by atoms with Crippen molar-refractivity contribution in [1.29, 1.82) is 0 Å². The first-order valence-corrected chi connectivity index (χ1v) is 42.0. The van der Waals surface area contributed by atoms with Gasteiger partial charge in [0.25, 0.3) is 0 Å². The molecule has 129 heavy (non-hydrogen) atoms. The minimum absolute atomic E-state index is 0.411. The van der Waals surface area contributed by atoms with E-state index in [9.17, 15) is 0 Å². The first kappa shape index (κ1) is 76.9. The van der Waals surface area contributed by atoms with E-state index < -0.39 is 0 Å². The Morgan fingerprint density at radius 3 is 0.465 bits per heavy atom. The molecule has 606 valence electrons. The Bertz CT molecular complexity index is 6880. The number of guanidine groups is 9. The highest BCUT2D eigenvalue weighted by molar-refractivity contribution is 6.38. The molecule has 9 aliphatic rings. The van der Waals surface area contributed by atoms with Crippen LogP contribution < -0.4 is 0 Å². The second-order valence-corrected chi connectivity index (χ2v) is 30.3. The zero-order valence-corrected chi connectivity index (χ0v) is 68.7. The minimum atomic E-state index is 0.411. The van der Waals surface area contributed by atoms with Gasteiger partial charge in [-0.1, -0.05) is 400 Å². The molecule has 21 nitrogen and oxygen atoms in total. The molecule has 0 saturated carbocycles. The van der Waals surface area contributed by atoms with Gasteiger partial charge in [-0.3, -0.25) is 0 Å². The number of hydrogen-bond donors (Lipinski definition) is 0. The lowest BCUT2D eigenvalue weighted by Crippen LogP contribution is -2.48. The molecule has 24 rings (SSSR count). The smallest absolute Gasteiger partial charge is 0.213 e. The molecular formula is C108H69N21. The third-order valence-corrected chi connectivity index (χ3v) is 22.0. The van der Waals surface area contributed by atoms with Gasteiger partial charge in [0.05, 0.1) is 0 Å². The largest absolute Gasteiger partial charge is 0.243 e. The number of nitrogens with zero attached hydrogens (tertiary/aromatic N) is 21. The predicted octanol–water partition coefficient (Wildman–Crippen LogP) is 21.2. The van der Waals surface area contributed by atoms with E-state index >= 15 is 0 Å². The summed E-state index contributed by atoms with van der Waals surface area (Å²) >= 11 is 0. The molecular weight excluding hydrogens is 1590 g/mol. The SMILES string of the molecule is c1ccc(-c2cccc(C3=NC4=NC(c5cccc(-c6ccccc6)c5)=NC5=NC(c6cccc(-c7ccccc7)c6)=NC(=N3)N45)c2)cc1.c1ccc(-c2ccccc2C2=NC3=NC(c4ccccc4-c4ccccc4)=NC4=NC(c5ccccc5-c5ccccc5)=NC(=N2)N34)cc1.c1ccc(C2=NC3=NC(c4ccccc4)=NC4=NC(c5ccccc5)=NC(=N2)N34)cc1. The maximum absolute atomic E-state index is 5.06. The lowest BCUT2D eigenvalue weighted by molar-refractivity contribution is 0.827. The van der Waals surface area contributed by atoms with Crippen LogP contribution >= 0.6 is 0 Å². The zero-order chi connectivity index (χ0) is 85.8. The number of hydrogen-bond acceptors (Lipinski definition) is 21. The van der Waals surface area contributed by atoms with Crippen LogP contribution in [0, 0.1) is 0 Å². The Balaban J connectivity index is 0.000000117. The molecule has 0 spiro atoms. The summed E-state index contributed by atoms with van der Waals surface area (Å²) in [5.41, 5.74) is 20.7. The van der Waals surface area contributed by atoms with Crippen LogP contribution in [0.25, 0.3) is 66.8 Å². The summed E-state index contributed by atoms with van der Waals surface area (Å²) < 4.78 is 0. The van der Waals surface area contributed by atoms with Crippen molar-refractivity contribution in [2.75, 3.05) is 0 Å². The van der Waals surface area contributed by atoms with Crippen molar-refractivity contribution in [2.45, 2.75) is 0 Å². The van der Waals surface area contributed by atoms with Crippen molar-refractivity contribution in [3.05, 3.63) is 469 Å². The second kappa shape index (κ2) is 34.2. The fourth-order valence-corrected chi connectivity index (χ4v) is 15.8. The second-order valence-electron chi connectivity index (χ2n) is 30.3. The van der Waals surface area contributed by atoms with Crippen molar-refractivity contribution in [2.24, 2.45) is 89.9 Å². The van der Waals surface area contributed by atoms with Gasteiger partial charge in [-0.05, 0) is 85.0 Å². The van der Waals surface area contributed by atoms with Crippen molar-refractivity contribution >= 4 is 106 Å². The van der Waals surface area contributed by atoms with Gasteiger partial charge >= 0.3 is 0 Å². The van der Waals surface area contributed by atoms with E-state index in [1.165, 1.54) is 0 Å². The Morgan fingerprint density at radius 1 is 0.101 bits per heavy atom. The van der Waals surface area contributed by atoms with Gasteiger partial charge < -0.3 is 0 Å². The first-order chi connectivity index (χ1) is 63.9. The molecule has 0 N–H and O–H groups in total. The summed E-state index contributed by atoms with van der Waals surface area (Å²) in [6, 6.07) is 140. The molecule has 0 amide bonds. The topological polar surface area (TPSA) is 232 Å². The van der Waals surface area contributed by atoms with E-state index in [-0.39, 0.29) is 0 Å². The number of rotatable bonds is 15. The molecule has 0 bridgehead atoms. The molecule has 0 aliphatic carbocycles. The van der Waals surface area contributed by atoms with Crippen LogP contribution in [0.15, 0.2) is 508 Å². The van der Waals surface area contributed by atoms with Gasteiger partial charge in [0.1, 0.15) is 0 Å². The van der Waals surface area contributed by atoms with Crippen LogP contribution in [0.2, 0.25) is 0 Å². The van der Waals surface area contributed by atoms with Gasteiger partial charge in [0, 0.05) is 50.1 Å². The quantitative estimate of drug-likeness (QED) is 0.0975. The van der Waals surface area contributed by atoms with E-state index in [1.54, 1.807) is 14.7 Å². The highest BCUT2D eigenvalue weighted by Crippen LogP contribution is 2.36. The number of amidine groups is 9. The highest BCUT2D eigenvalue weighted by atomic mass is 15.5. The molecule has 15 aromatic rings. The van der Waals surface area contributed by atoms with Crippen LogP contribution in [-0.2, 0) is 0 Å². The van der Waals surface area contributed by atoms with E-state index in [0.29, 0.717) is 106 Å². The maximum Gasteiger partial charge on any atom is 0.243 e. The van der Waals surface area contributed by atoms with Crippen LogP contribution in [0.3, 0.4) is 0 Å². The monoisotopic (exact) mass is 1660 g/mol. The molecule has 21 heteroatoms.